The molecule has 0 bridgehead atoms. The van der Waals surface area contributed by atoms with Crippen molar-refractivity contribution in [3.63, 3.8) is 0 Å². The molecule has 0 unspecified atom stereocenters. The van der Waals surface area contributed by atoms with E-state index in [0.717, 1.165) is 5.56 Å². The molecular weight excluding hydrogens is 432 g/mol. The summed E-state index contributed by atoms with van der Waals surface area (Å²) in [7, 11) is -0.940. The Morgan fingerprint density at radius 1 is 0.969 bits per heavy atom. The Morgan fingerprint density at radius 2 is 1.69 bits per heavy atom. The molecule has 3 aromatic rings. The minimum Gasteiger partial charge on any atom is -0.504 e. The van der Waals surface area contributed by atoms with Crippen molar-refractivity contribution in [2.24, 2.45) is 0 Å². The summed E-state index contributed by atoms with van der Waals surface area (Å²) >= 11 is 0. The van der Waals surface area contributed by atoms with Crippen LogP contribution in [0.25, 0.3) is 0 Å². The summed E-state index contributed by atoms with van der Waals surface area (Å²) in [6.45, 7) is 1.90. The molecule has 0 radical (unpaired) electrons. The summed E-state index contributed by atoms with van der Waals surface area (Å²) < 4.78 is 38.3. The number of carbonyl (C=O) groups is 1. The van der Waals surface area contributed by atoms with E-state index in [0.29, 0.717) is 22.7 Å². The van der Waals surface area contributed by atoms with Crippen molar-refractivity contribution in [2.75, 3.05) is 18.9 Å². The van der Waals surface area contributed by atoms with Gasteiger partial charge in [-0.25, -0.2) is 8.42 Å². The van der Waals surface area contributed by atoms with E-state index in [4.69, 9.17) is 9.47 Å². The van der Waals surface area contributed by atoms with E-state index in [9.17, 15) is 18.3 Å². The molecule has 0 spiro atoms. The van der Waals surface area contributed by atoms with Gasteiger partial charge in [0, 0.05) is 17.8 Å². The van der Waals surface area contributed by atoms with Crippen molar-refractivity contribution in [1.82, 2.24) is 5.32 Å². The lowest BCUT2D eigenvalue weighted by molar-refractivity contribution is 0.0950. The van der Waals surface area contributed by atoms with Gasteiger partial charge in [-0.05, 0) is 66.6 Å². The molecule has 0 aliphatic carbocycles. The van der Waals surface area contributed by atoms with E-state index in [1.54, 1.807) is 49.4 Å². The van der Waals surface area contributed by atoms with Crippen molar-refractivity contribution in [3.05, 3.63) is 77.4 Å². The van der Waals surface area contributed by atoms with Gasteiger partial charge in [-0.2, -0.15) is 0 Å². The Kier molecular flexibility index (Phi) is 6.89. The van der Waals surface area contributed by atoms with Crippen molar-refractivity contribution in [2.45, 2.75) is 18.4 Å². The standard InChI is InChI=1S/C23H24N2O6S/c1-15-4-10-19(32(28,29)25-17-6-8-18(30-2)9-7-17)13-20(15)23(27)24-14-16-5-11-21(26)22(12-16)31-3/h4-13,25-26H,14H2,1-3H3,(H,24,27). The smallest absolute Gasteiger partial charge is 0.261 e. The zero-order valence-electron chi connectivity index (χ0n) is 17.9. The van der Waals surface area contributed by atoms with Crippen molar-refractivity contribution >= 4 is 21.6 Å². The zero-order valence-corrected chi connectivity index (χ0v) is 18.7. The number of phenolic OH excluding ortho intramolecular Hbond substituents is 1. The Morgan fingerprint density at radius 3 is 2.34 bits per heavy atom. The van der Waals surface area contributed by atoms with Gasteiger partial charge in [-0.1, -0.05) is 12.1 Å². The highest BCUT2D eigenvalue weighted by Gasteiger charge is 2.18. The van der Waals surface area contributed by atoms with Crippen molar-refractivity contribution in [3.8, 4) is 17.2 Å². The predicted octanol–water partition coefficient (Wildman–Crippen LogP) is 3.45. The van der Waals surface area contributed by atoms with Gasteiger partial charge in [-0.3, -0.25) is 9.52 Å². The van der Waals surface area contributed by atoms with Gasteiger partial charge < -0.3 is 19.9 Å². The average Bonchev–Trinajstić information content (AvgIpc) is 2.78. The summed E-state index contributed by atoms with van der Waals surface area (Å²) in [6, 6.07) is 15.6. The lowest BCUT2D eigenvalue weighted by Crippen LogP contribution is -2.24. The van der Waals surface area contributed by atoms with Crippen molar-refractivity contribution < 1.29 is 27.8 Å². The maximum absolute atomic E-state index is 12.8. The van der Waals surface area contributed by atoms with Crippen LogP contribution in [0.5, 0.6) is 17.2 Å². The number of methoxy groups -OCH3 is 2. The second-order valence-corrected chi connectivity index (χ2v) is 8.68. The topological polar surface area (TPSA) is 114 Å². The molecular formula is C23H24N2O6S. The van der Waals surface area contributed by atoms with Crippen LogP contribution in [-0.4, -0.2) is 33.7 Å². The molecule has 1 amide bonds. The van der Waals surface area contributed by atoms with Gasteiger partial charge in [0.2, 0.25) is 0 Å². The van der Waals surface area contributed by atoms with Gasteiger partial charge in [-0.15, -0.1) is 0 Å². The van der Waals surface area contributed by atoms with Crippen LogP contribution >= 0.6 is 0 Å². The van der Waals surface area contributed by atoms with E-state index in [1.807, 2.05) is 0 Å². The fourth-order valence-electron chi connectivity index (χ4n) is 3.00. The Balaban J connectivity index is 1.77. The lowest BCUT2D eigenvalue weighted by Gasteiger charge is -2.12. The van der Waals surface area contributed by atoms with Crippen LogP contribution in [0.15, 0.2) is 65.6 Å². The Labute approximate surface area is 186 Å². The van der Waals surface area contributed by atoms with Crippen LogP contribution in [0.4, 0.5) is 5.69 Å². The second-order valence-electron chi connectivity index (χ2n) is 7.00. The number of hydrogen-bond acceptors (Lipinski definition) is 6. The number of hydrogen-bond donors (Lipinski definition) is 3. The number of aromatic hydroxyl groups is 1. The molecule has 9 heteroatoms. The van der Waals surface area contributed by atoms with Gasteiger partial charge in [0.1, 0.15) is 5.75 Å². The molecule has 3 aromatic carbocycles. The van der Waals surface area contributed by atoms with Crippen LogP contribution < -0.4 is 19.5 Å². The van der Waals surface area contributed by atoms with Crippen LogP contribution in [0.1, 0.15) is 21.5 Å². The van der Waals surface area contributed by atoms with Crippen LogP contribution in [0.2, 0.25) is 0 Å². The Bertz CT molecular complexity index is 1220. The molecule has 168 valence electrons. The number of amides is 1. The monoisotopic (exact) mass is 456 g/mol. The normalized spacial score (nSPS) is 11.0. The first-order valence-corrected chi connectivity index (χ1v) is 11.1. The molecule has 32 heavy (non-hydrogen) atoms. The highest BCUT2D eigenvalue weighted by molar-refractivity contribution is 7.92. The molecule has 3 rings (SSSR count). The third-order valence-electron chi connectivity index (χ3n) is 4.80. The fourth-order valence-corrected chi connectivity index (χ4v) is 4.08. The summed E-state index contributed by atoms with van der Waals surface area (Å²) in [5, 5.41) is 12.4. The first-order valence-electron chi connectivity index (χ1n) is 9.65. The molecule has 0 heterocycles. The van der Waals surface area contributed by atoms with Crippen LogP contribution in [0.3, 0.4) is 0 Å². The second kappa shape index (κ2) is 9.61. The predicted molar refractivity (Wildman–Crippen MR) is 121 cm³/mol. The van der Waals surface area contributed by atoms with E-state index < -0.39 is 15.9 Å². The first kappa shape index (κ1) is 23.0. The minimum absolute atomic E-state index is 0.000638. The molecule has 0 aliphatic rings. The van der Waals surface area contributed by atoms with E-state index >= 15 is 0 Å². The highest BCUT2D eigenvalue weighted by atomic mass is 32.2. The molecule has 0 saturated carbocycles. The number of nitrogens with one attached hydrogen (secondary N) is 2. The SMILES string of the molecule is COc1ccc(NS(=O)(=O)c2ccc(C)c(C(=O)NCc3ccc(O)c(OC)c3)c2)cc1. The third kappa shape index (κ3) is 5.30. The van der Waals surface area contributed by atoms with Gasteiger partial charge in [0.15, 0.2) is 11.5 Å². The number of aryl methyl sites for hydroxylation is 1. The molecule has 0 fully saturated rings. The number of carbonyl (C=O) groups excluding carboxylic acids is 1. The molecule has 0 saturated heterocycles. The molecule has 0 atom stereocenters. The molecule has 0 aromatic heterocycles. The largest absolute Gasteiger partial charge is 0.504 e. The summed E-state index contributed by atoms with van der Waals surface area (Å²) in [5.41, 5.74) is 1.97. The number of benzene rings is 3. The minimum atomic E-state index is -3.90. The quantitative estimate of drug-likeness (QED) is 0.478. The lowest BCUT2D eigenvalue weighted by atomic mass is 10.1. The van der Waals surface area contributed by atoms with Crippen LogP contribution in [0, 0.1) is 6.92 Å². The third-order valence-corrected chi connectivity index (χ3v) is 6.18. The summed E-state index contributed by atoms with van der Waals surface area (Å²) in [6.07, 6.45) is 0. The Hall–Kier alpha value is -3.72. The fraction of sp³-hybridized carbons (Fsp3) is 0.174. The van der Waals surface area contributed by atoms with Crippen molar-refractivity contribution in [1.29, 1.82) is 0 Å². The van der Waals surface area contributed by atoms with Gasteiger partial charge in [0.25, 0.3) is 15.9 Å². The summed E-state index contributed by atoms with van der Waals surface area (Å²) in [4.78, 5) is 12.7. The van der Waals surface area contributed by atoms with E-state index in [1.165, 1.54) is 32.4 Å². The number of sulfonamides is 1. The first-order chi connectivity index (χ1) is 15.2. The number of phenols is 1. The highest BCUT2D eigenvalue weighted by Crippen LogP contribution is 2.26. The van der Waals surface area contributed by atoms with Gasteiger partial charge >= 0.3 is 0 Å². The molecule has 3 N–H and O–H groups in total. The van der Waals surface area contributed by atoms with Gasteiger partial charge in [0.05, 0.1) is 19.1 Å². The zero-order chi connectivity index (χ0) is 23.3. The molecule has 8 nitrogen and oxygen atoms in total. The number of anilines is 1. The summed E-state index contributed by atoms with van der Waals surface area (Å²) in [5.74, 6) is 0.482. The van der Waals surface area contributed by atoms with E-state index in [-0.39, 0.29) is 22.8 Å². The average molecular weight is 457 g/mol. The number of ether oxygens (including phenoxy) is 2. The van der Waals surface area contributed by atoms with Crippen LogP contribution in [-0.2, 0) is 16.6 Å². The number of rotatable bonds is 8. The molecule has 0 aliphatic heterocycles. The maximum Gasteiger partial charge on any atom is 0.261 e. The van der Waals surface area contributed by atoms with E-state index in [2.05, 4.69) is 10.0 Å². The maximum atomic E-state index is 12.8.